The molecule has 0 N–H and O–H groups in total. The second-order valence-corrected chi connectivity index (χ2v) is 5.13. The fraction of sp³-hybridized carbons (Fsp3) is 0.0667. The van der Waals surface area contributed by atoms with E-state index in [1.807, 2.05) is 18.2 Å². The van der Waals surface area contributed by atoms with Crippen molar-refractivity contribution in [3.8, 4) is 5.75 Å². The molecule has 0 aliphatic heterocycles. The van der Waals surface area contributed by atoms with E-state index in [9.17, 15) is 0 Å². The first-order valence-electron chi connectivity index (χ1n) is 5.45. The Kier molecular flexibility index (Phi) is 3.78. The predicted octanol–water partition coefficient (Wildman–Crippen LogP) is 2.70. The van der Waals surface area contributed by atoms with Gasteiger partial charge in [-0.3, -0.25) is 0 Å². The third kappa shape index (κ3) is 3.08. The van der Waals surface area contributed by atoms with Gasteiger partial charge in [0.15, 0.2) is 0 Å². The number of rotatable bonds is 4. The molecular weight excluding hydrogens is 224 g/mol. The van der Waals surface area contributed by atoms with Crippen molar-refractivity contribution in [3.63, 3.8) is 0 Å². The highest BCUT2D eigenvalue weighted by Crippen LogP contribution is 2.16. The van der Waals surface area contributed by atoms with Crippen LogP contribution in [0.3, 0.4) is 0 Å². The molecule has 0 unspecified atom stereocenters. The fourth-order valence-corrected chi connectivity index (χ4v) is 2.58. The first kappa shape index (κ1) is 11.7. The molecule has 0 atom stereocenters. The molecule has 2 radical (unpaired) electrons. The minimum Gasteiger partial charge on any atom is -0.497 e. The van der Waals surface area contributed by atoms with Crippen LogP contribution in [0.4, 0.5) is 0 Å². The molecular formula is C15H14OSi. The lowest BCUT2D eigenvalue weighted by atomic mass is 10.2. The van der Waals surface area contributed by atoms with Crippen LogP contribution in [0.25, 0.3) is 5.20 Å². The first-order valence-corrected chi connectivity index (χ1v) is 6.45. The van der Waals surface area contributed by atoms with Crippen LogP contribution >= 0.6 is 0 Å². The molecule has 2 aromatic carbocycles. The van der Waals surface area contributed by atoms with Gasteiger partial charge in [-0.05, 0) is 17.7 Å². The second-order valence-electron chi connectivity index (χ2n) is 3.70. The van der Waals surface area contributed by atoms with Gasteiger partial charge in [0.1, 0.15) is 15.3 Å². The third-order valence-electron chi connectivity index (χ3n) is 2.51. The Morgan fingerprint density at radius 3 is 2.24 bits per heavy atom. The van der Waals surface area contributed by atoms with Crippen molar-refractivity contribution in [2.75, 3.05) is 7.11 Å². The lowest BCUT2D eigenvalue weighted by Crippen LogP contribution is -2.14. The Labute approximate surface area is 105 Å². The van der Waals surface area contributed by atoms with Gasteiger partial charge in [-0.25, -0.2) is 0 Å². The fourth-order valence-electron chi connectivity index (χ4n) is 1.56. The zero-order valence-corrected chi connectivity index (χ0v) is 10.8. The molecule has 17 heavy (non-hydrogen) atoms. The maximum atomic E-state index is 5.14. The third-order valence-corrected chi connectivity index (χ3v) is 3.72. The summed E-state index contributed by atoms with van der Waals surface area (Å²) < 4.78 is 5.14. The molecule has 0 aliphatic carbocycles. The summed E-state index contributed by atoms with van der Waals surface area (Å²) in [6.45, 7) is 4.15. The lowest BCUT2D eigenvalue weighted by molar-refractivity contribution is 0.415. The highest BCUT2D eigenvalue weighted by atomic mass is 28.2. The van der Waals surface area contributed by atoms with Crippen LogP contribution in [0.5, 0.6) is 5.75 Å². The predicted molar refractivity (Wildman–Crippen MR) is 73.9 cm³/mol. The average Bonchev–Trinajstić information content (AvgIpc) is 2.40. The van der Waals surface area contributed by atoms with E-state index in [0.29, 0.717) is 9.52 Å². The Morgan fingerprint density at radius 2 is 1.65 bits per heavy atom. The van der Waals surface area contributed by atoms with Gasteiger partial charge in [0.25, 0.3) is 0 Å². The molecule has 0 aliphatic rings. The van der Waals surface area contributed by atoms with Gasteiger partial charge in [0, 0.05) is 0 Å². The summed E-state index contributed by atoms with van der Waals surface area (Å²) in [7, 11) is 2.29. The van der Waals surface area contributed by atoms with E-state index in [1.165, 1.54) is 10.8 Å². The molecule has 2 heteroatoms. The molecule has 0 aromatic heterocycles. The van der Waals surface area contributed by atoms with E-state index in [2.05, 4.69) is 43.0 Å². The van der Waals surface area contributed by atoms with Crippen molar-refractivity contribution in [2.45, 2.75) is 0 Å². The molecule has 0 amide bonds. The highest BCUT2D eigenvalue weighted by molar-refractivity contribution is 6.72. The van der Waals surface area contributed by atoms with E-state index in [-0.39, 0.29) is 0 Å². The Morgan fingerprint density at radius 1 is 1.00 bits per heavy atom. The molecule has 0 spiro atoms. The number of hydrogen-bond donors (Lipinski definition) is 0. The van der Waals surface area contributed by atoms with Crippen molar-refractivity contribution in [3.05, 3.63) is 66.7 Å². The molecule has 0 heterocycles. The van der Waals surface area contributed by atoms with E-state index < -0.39 is 0 Å². The van der Waals surface area contributed by atoms with E-state index in [1.54, 1.807) is 7.11 Å². The summed E-state index contributed by atoms with van der Waals surface area (Å²) in [4.78, 5) is 0. The Balaban J connectivity index is 2.09. The van der Waals surface area contributed by atoms with Crippen LogP contribution in [-0.4, -0.2) is 16.6 Å². The van der Waals surface area contributed by atoms with Crippen LogP contribution in [-0.2, 0) is 0 Å². The van der Waals surface area contributed by atoms with Gasteiger partial charge in [0.2, 0.25) is 0 Å². The van der Waals surface area contributed by atoms with Gasteiger partial charge >= 0.3 is 0 Å². The zero-order valence-electron chi connectivity index (χ0n) is 9.81. The zero-order chi connectivity index (χ0) is 12.1. The first-order chi connectivity index (χ1) is 8.29. The van der Waals surface area contributed by atoms with E-state index in [0.717, 1.165) is 10.9 Å². The van der Waals surface area contributed by atoms with Gasteiger partial charge < -0.3 is 4.74 Å². The van der Waals surface area contributed by atoms with Crippen LogP contribution in [0.2, 0.25) is 0 Å². The summed E-state index contributed by atoms with van der Waals surface area (Å²) in [5.74, 6) is 0.879. The molecule has 1 nitrogen and oxygen atoms in total. The molecule has 0 saturated carbocycles. The van der Waals surface area contributed by atoms with Gasteiger partial charge in [0.05, 0.1) is 7.11 Å². The van der Waals surface area contributed by atoms with Gasteiger partial charge in [-0.15, -0.1) is 0 Å². The molecule has 2 rings (SSSR count). The number of methoxy groups -OCH3 is 1. The lowest BCUT2D eigenvalue weighted by Gasteiger charge is -2.06. The second kappa shape index (κ2) is 5.50. The van der Waals surface area contributed by atoms with Gasteiger partial charge in [-0.2, -0.15) is 0 Å². The van der Waals surface area contributed by atoms with Crippen LogP contribution < -0.4 is 9.92 Å². The largest absolute Gasteiger partial charge is 0.497 e. The van der Waals surface area contributed by atoms with Crippen molar-refractivity contribution in [2.24, 2.45) is 0 Å². The Bertz CT molecular complexity index is 488. The molecule has 2 aromatic rings. The summed E-state index contributed by atoms with van der Waals surface area (Å²) in [6.07, 6.45) is 0. The monoisotopic (exact) mass is 238 g/mol. The van der Waals surface area contributed by atoms with Crippen molar-refractivity contribution < 1.29 is 4.74 Å². The SMILES string of the molecule is C=C([Si]c1ccccc1)c1ccc(OC)cc1. The molecule has 0 fully saturated rings. The number of benzene rings is 2. The van der Waals surface area contributed by atoms with E-state index >= 15 is 0 Å². The highest BCUT2D eigenvalue weighted by Gasteiger charge is 2.02. The molecule has 0 bridgehead atoms. The molecule has 0 saturated heterocycles. The normalized spacial score (nSPS) is 9.94. The summed E-state index contributed by atoms with van der Waals surface area (Å²) >= 11 is 0. The summed E-state index contributed by atoms with van der Waals surface area (Å²) in [6, 6.07) is 18.5. The number of hydrogen-bond acceptors (Lipinski definition) is 1. The smallest absolute Gasteiger partial charge is 0.121 e. The van der Waals surface area contributed by atoms with Crippen LogP contribution in [0.1, 0.15) is 5.56 Å². The average molecular weight is 238 g/mol. The Hall–Kier alpha value is -1.80. The maximum Gasteiger partial charge on any atom is 0.121 e. The number of ether oxygens (including phenoxy) is 1. The molecule has 84 valence electrons. The van der Waals surface area contributed by atoms with Crippen molar-refractivity contribution >= 4 is 19.9 Å². The quantitative estimate of drug-likeness (QED) is 0.744. The standard InChI is InChI=1S/C15H14OSi/c1-12(17-15-6-4-3-5-7-15)13-8-10-14(16-2)11-9-13/h3-11H,1H2,2H3. The van der Waals surface area contributed by atoms with Crippen molar-refractivity contribution in [1.29, 1.82) is 0 Å². The topological polar surface area (TPSA) is 9.23 Å². The summed E-state index contributed by atoms with van der Waals surface area (Å²) in [5, 5.41) is 2.46. The van der Waals surface area contributed by atoms with Crippen LogP contribution in [0, 0.1) is 0 Å². The maximum absolute atomic E-state index is 5.14. The minimum absolute atomic E-state index is 0.618. The minimum atomic E-state index is 0.618. The van der Waals surface area contributed by atoms with Crippen LogP contribution in [0.15, 0.2) is 61.2 Å². The van der Waals surface area contributed by atoms with E-state index in [4.69, 9.17) is 4.74 Å². The summed E-state index contributed by atoms with van der Waals surface area (Å²) in [5.41, 5.74) is 1.17. The van der Waals surface area contributed by atoms with Crippen molar-refractivity contribution in [1.82, 2.24) is 0 Å². The van der Waals surface area contributed by atoms with Gasteiger partial charge in [-0.1, -0.05) is 59.4 Å².